The molecule has 4 aromatic rings. The van der Waals surface area contributed by atoms with Gasteiger partial charge in [-0.25, -0.2) is 0 Å². The topological polar surface area (TPSA) is 63.6 Å². The molecular weight excluding hydrogens is 466 g/mol. The Kier molecular flexibility index (Phi) is 5.86. The summed E-state index contributed by atoms with van der Waals surface area (Å²) in [6.45, 7) is 0. The molecule has 0 aliphatic carbocycles. The fourth-order valence-corrected chi connectivity index (χ4v) is 3.24. The fraction of sp³-hybridized carbons (Fsp3) is 0.125. The van der Waals surface area contributed by atoms with Crippen molar-refractivity contribution >= 4 is 5.78 Å². The number of hydrogen-bond donors (Lipinski definition) is 1. The highest BCUT2D eigenvalue weighted by Gasteiger charge is 2.32. The lowest BCUT2D eigenvalue weighted by Crippen LogP contribution is -2.10. The molecule has 0 aliphatic heterocycles. The zero-order chi connectivity index (χ0) is 24.7. The van der Waals surface area contributed by atoms with Gasteiger partial charge in [0.25, 0.3) is 0 Å². The van der Waals surface area contributed by atoms with Crippen molar-refractivity contribution < 1.29 is 45.1 Å². The van der Waals surface area contributed by atoms with Gasteiger partial charge in [0.1, 0.15) is 17.3 Å². The Labute approximate surface area is 188 Å². The lowest BCUT2D eigenvalue weighted by molar-refractivity contribution is -0.138. The smallest absolute Gasteiger partial charge is 0.416 e. The van der Waals surface area contributed by atoms with Crippen molar-refractivity contribution in [3.05, 3.63) is 95.4 Å². The molecule has 0 bridgehead atoms. The molecular formula is C24H14F6O4. The number of halogens is 6. The van der Waals surface area contributed by atoms with Gasteiger partial charge in [-0.3, -0.25) is 4.79 Å². The number of benzene rings is 2. The molecule has 4 rings (SSSR count). The average molecular weight is 480 g/mol. The molecule has 0 fully saturated rings. The maximum absolute atomic E-state index is 12.9. The van der Waals surface area contributed by atoms with Gasteiger partial charge >= 0.3 is 12.4 Å². The van der Waals surface area contributed by atoms with Crippen LogP contribution in [-0.2, 0) is 12.4 Å². The molecule has 10 heteroatoms. The number of ketones is 1. The predicted molar refractivity (Wildman–Crippen MR) is 108 cm³/mol. The van der Waals surface area contributed by atoms with E-state index in [1.54, 1.807) is 0 Å². The van der Waals surface area contributed by atoms with E-state index in [2.05, 4.69) is 0 Å². The summed E-state index contributed by atoms with van der Waals surface area (Å²) in [4.78, 5) is 12.6. The third-order valence-corrected chi connectivity index (χ3v) is 4.94. The summed E-state index contributed by atoms with van der Waals surface area (Å²) in [6, 6.07) is 13.6. The molecule has 1 atom stereocenters. The van der Waals surface area contributed by atoms with Crippen LogP contribution in [0.25, 0.3) is 22.6 Å². The second kappa shape index (κ2) is 8.53. The summed E-state index contributed by atoms with van der Waals surface area (Å²) < 4.78 is 88.3. The first-order valence-electron chi connectivity index (χ1n) is 9.70. The van der Waals surface area contributed by atoms with E-state index in [9.17, 15) is 36.2 Å². The first-order valence-corrected chi connectivity index (χ1v) is 9.70. The maximum atomic E-state index is 12.9. The Bertz CT molecular complexity index is 1330. The van der Waals surface area contributed by atoms with Crippen molar-refractivity contribution in [2.45, 2.75) is 18.5 Å². The molecule has 2 heterocycles. The van der Waals surface area contributed by atoms with Gasteiger partial charge in [0.05, 0.1) is 11.1 Å². The number of rotatable bonds is 5. The molecule has 0 spiro atoms. The van der Waals surface area contributed by atoms with E-state index in [4.69, 9.17) is 8.83 Å². The molecule has 34 heavy (non-hydrogen) atoms. The summed E-state index contributed by atoms with van der Waals surface area (Å²) in [6.07, 6.45) is -11.0. The Morgan fingerprint density at radius 1 is 0.706 bits per heavy atom. The largest absolute Gasteiger partial charge is 0.458 e. The van der Waals surface area contributed by atoms with Gasteiger partial charge in [-0.1, -0.05) is 24.3 Å². The molecule has 0 saturated heterocycles. The number of carbonyl (C=O) groups excluding carboxylic acids is 1. The van der Waals surface area contributed by atoms with Gasteiger partial charge in [0.2, 0.25) is 5.78 Å². The van der Waals surface area contributed by atoms with Crippen molar-refractivity contribution in [1.82, 2.24) is 0 Å². The van der Waals surface area contributed by atoms with E-state index < -0.39 is 35.4 Å². The molecule has 2 aromatic heterocycles. The van der Waals surface area contributed by atoms with Crippen LogP contribution >= 0.6 is 0 Å². The first kappa shape index (κ1) is 23.4. The Morgan fingerprint density at radius 2 is 1.21 bits per heavy atom. The van der Waals surface area contributed by atoms with Crippen molar-refractivity contribution in [1.29, 1.82) is 0 Å². The average Bonchev–Trinajstić information content (AvgIpc) is 3.47. The van der Waals surface area contributed by atoms with Gasteiger partial charge in [-0.05, 0) is 48.5 Å². The van der Waals surface area contributed by atoms with Crippen LogP contribution in [0.1, 0.15) is 33.5 Å². The molecule has 1 unspecified atom stereocenters. The highest BCUT2D eigenvalue weighted by atomic mass is 19.4. The van der Waals surface area contributed by atoms with Crippen LogP contribution < -0.4 is 0 Å². The van der Waals surface area contributed by atoms with Crippen LogP contribution in [0.4, 0.5) is 26.3 Å². The zero-order valence-electron chi connectivity index (χ0n) is 16.9. The van der Waals surface area contributed by atoms with Crippen molar-refractivity contribution in [3.63, 3.8) is 0 Å². The second-order valence-electron chi connectivity index (χ2n) is 7.29. The normalized spacial score (nSPS) is 13.1. The first-order chi connectivity index (χ1) is 15.9. The zero-order valence-corrected chi connectivity index (χ0v) is 16.9. The summed E-state index contributed by atoms with van der Waals surface area (Å²) >= 11 is 0. The van der Waals surface area contributed by atoms with Crippen molar-refractivity contribution in [3.8, 4) is 22.6 Å². The van der Waals surface area contributed by atoms with Gasteiger partial charge < -0.3 is 13.9 Å². The minimum Gasteiger partial charge on any atom is -0.458 e. The number of alkyl halides is 6. The number of carbonyl (C=O) groups is 1. The van der Waals surface area contributed by atoms with Crippen LogP contribution in [0.5, 0.6) is 0 Å². The van der Waals surface area contributed by atoms with Crippen LogP contribution in [-0.4, -0.2) is 10.9 Å². The molecule has 0 saturated carbocycles. The third kappa shape index (κ3) is 4.76. The lowest BCUT2D eigenvalue weighted by Gasteiger charge is -2.08. The number of Topliss-reactive ketones (excluding diaryl/α,β-unsaturated/α-hetero) is 1. The predicted octanol–water partition coefficient (Wildman–Crippen LogP) is 7.16. The Hall–Kier alpha value is -3.79. The number of furan rings is 2. The van der Waals surface area contributed by atoms with E-state index >= 15 is 0 Å². The quantitative estimate of drug-likeness (QED) is 0.243. The van der Waals surface area contributed by atoms with E-state index in [1.165, 1.54) is 48.5 Å². The van der Waals surface area contributed by atoms with Crippen LogP contribution in [0.2, 0.25) is 0 Å². The maximum Gasteiger partial charge on any atom is 0.416 e. The van der Waals surface area contributed by atoms with Crippen molar-refractivity contribution in [2.75, 3.05) is 0 Å². The Morgan fingerprint density at radius 3 is 1.74 bits per heavy atom. The minimum atomic E-state index is -4.56. The molecule has 1 N–H and O–H groups in total. The fourth-order valence-electron chi connectivity index (χ4n) is 3.24. The van der Waals surface area contributed by atoms with Gasteiger partial charge in [0.15, 0.2) is 11.9 Å². The van der Waals surface area contributed by atoms with Gasteiger partial charge in [-0.15, -0.1) is 0 Å². The van der Waals surface area contributed by atoms with Gasteiger partial charge in [0, 0.05) is 11.1 Å². The minimum absolute atomic E-state index is 0.00273. The molecule has 0 amide bonds. The van der Waals surface area contributed by atoms with Crippen LogP contribution in [0.3, 0.4) is 0 Å². The highest BCUT2D eigenvalue weighted by molar-refractivity contribution is 5.97. The van der Waals surface area contributed by atoms with E-state index in [1.807, 2.05) is 0 Å². The Balaban J connectivity index is 1.55. The molecule has 0 aliphatic rings. The SMILES string of the molecule is O=C(c1ccc(-c2cccc(C(F)(F)F)c2)o1)C(O)c1ccc(-c2cccc(C(F)(F)F)c2)o1. The van der Waals surface area contributed by atoms with E-state index in [0.29, 0.717) is 0 Å². The van der Waals surface area contributed by atoms with Crippen molar-refractivity contribution in [2.24, 2.45) is 0 Å². The van der Waals surface area contributed by atoms with E-state index in [-0.39, 0.29) is 34.2 Å². The number of aliphatic hydroxyl groups is 1. The molecule has 2 aromatic carbocycles. The van der Waals surface area contributed by atoms with Crippen LogP contribution in [0.15, 0.2) is 81.6 Å². The second-order valence-corrected chi connectivity index (χ2v) is 7.29. The molecule has 176 valence electrons. The summed E-state index contributed by atoms with van der Waals surface area (Å²) in [5.41, 5.74) is -1.62. The third-order valence-electron chi connectivity index (χ3n) is 4.94. The molecule has 0 radical (unpaired) electrons. The van der Waals surface area contributed by atoms with Crippen LogP contribution in [0, 0.1) is 0 Å². The summed E-state index contributed by atoms with van der Waals surface area (Å²) in [5.74, 6) is -1.54. The molecule has 4 nitrogen and oxygen atoms in total. The highest BCUT2D eigenvalue weighted by Crippen LogP contribution is 2.35. The summed E-state index contributed by atoms with van der Waals surface area (Å²) in [5, 5.41) is 10.4. The van der Waals surface area contributed by atoms with E-state index in [0.717, 1.165) is 24.3 Å². The monoisotopic (exact) mass is 480 g/mol. The lowest BCUT2D eigenvalue weighted by atomic mass is 10.1. The standard InChI is InChI=1S/C24H14F6O4/c25-23(26,27)15-5-1-3-13(11-15)17-7-9-19(33-17)21(31)22(32)20-10-8-18(34-20)14-4-2-6-16(12-14)24(28,29)30/h1-12,21,31H. The summed E-state index contributed by atoms with van der Waals surface area (Å²) in [7, 11) is 0. The number of hydrogen-bond acceptors (Lipinski definition) is 4. The van der Waals surface area contributed by atoms with Gasteiger partial charge in [-0.2, -0.15) is 26.3 Å². The number of aliphatic hydroxyl groups excluding tert-OH is 1.